The molecule has 1 aliphatic heterocycles. The molecule has 1 aromatic carbocycles. The molecule has 0 aliphatic carbocycles. The molecule has 82 valence electrons. The standard InChI is InChI=1S/C12H14N4/c1-8-14-12(16-15-8)11-4-2-3-9-7-13-6-5-10(9)11/h2-4,13H,5-7H2,1H3,(H,14,15,16). The first kappa shape index (κ1) is 9.54. The van der Waals surface area contributed by atoms with Gasteiger partial charge in [-0.15, -0.1) is 0 Å². The lowest BCUT2D eigenvalue weighted by atomic mass is 9.95. The van der Waals surface area contributed by atoms with Crippen molar-refractivity contribution in [1.29, 1.82) is 0 Å². The van der Waals surface area contributed by atoms with Gasteiger partial charge in [0.2, 0.25) is 0 Å². The largest absolute Gasteiger partial charge is 0.312 e. The Morgan fingerprint density at radius 3 is 3.06 bits per heavy atom. The van der Waals surface area contributed by atoms with Crippen molar-refractivity contribution in [3.63, 3.8) is 0 Å². The van der Waals surface area contributed by atoms with Crippen molar-refractivity contribution < 1.29 is 0 Å². The lowest BCUT2D eigenvalue weighted by Crippen LogP contribution is -2.24. The first-order valence-electron chi connectivity index (χ1n) is 5.55. The van der Waals surface area contributed by atoms with Crippen LogP contribution in [-0.4, -0.2) is 21.7 Å². The molecule has 1 aliphatic rings. The number of rotatable bonds is 1. The minimum atomic E-state index is 0.816. The Morgan fingerprint density at radius 2 is 2.25 bits per heavy atom. The van der Waals surface area contributed by atoms with E-state index in [9.17, 15) is 0 Å². The van der Waals surface area contributed by atoms with Crippen molar-refractivity contribution in [1.82, 2.24) is 20.5 Å². The van der Waals surface area contributed by atoms with Crippen LogP contribution in [0.3, 0.4) is 0 Å². The quantitative estimate of drug-likeness (QED) is 0.755. The number of hydrogen-bond donors (Lipinski definition) is 2. The van der Waals surface area contributed by atoms with Gasteiger partial charge in [-0.1, -0.05) is 18.2 Å². The topological polar surface area (TPSA) is 53.6 Å². The summed E-state index contributed by atoms with van der Waals surface area (Å²) in [5, 5.41) is 10.5. The normalized spacial score (nSPS) is 14.8. The van der Waals surface area contributed by atoms with Gasteiger partial charge in [-0.25, -0.2) is 4.98 Å². The number of aryl methyl sites for hydroxylation is 1. The van der Waals surface area contributed by atoms with E-state index in [1.54, 1.807) is 0 Å². The van der Waals surface area contributed by atoms with Crippen LogP contribution in [0.15, 0.2) is 18.2 Å². The highest BCUT2D eigenvalue weighted by Gasteiger charge is 2.15. The molecule has 3 rings (SSSR count). The Balaban J connectivity index is 2.13. The van der Waals surface area contributed by atoms with Gasteiger partial charge < -0.3 is 5.32 Å². The number of aromatic amines is 1. The average molecular weight is 214 g/mol. The molecule has 0 amide bonds. The van der Waals surface area contributed by atoms with E-state index in [1.807, 2.05) is 6.92 Å². The predicted octanol–water partition coefficient (Wildman–Crippen LogP) is 1.43. The number of nitrogens with one attached hydrogen (secondary N) is 2. The first-order valence-corrected chi connectivity index (χ1v) is 5.55. The Hall–Kier alpha value is -1.68. The van der Waals surface area contributed by atoms with Crippen LogP contribution in [0.2, 0.25) is 0 Å². The second-order valence-corrected chi connectivity index (χ2v) is 4.11. The van der Waals surface area contributed by atoms with Gasteiger partial charge in [0.1, 0.15) is 5.82 Å². The van der Waals surface area contributed by atoms with E-state index < -0.39 is 0 Å². The van der Waals surface area contributed by atoms with Crippen LogP contribution in [0.25, 0.3) is 11.4 Å². The second-order valence-electron chi connectivity index (χ2n) is 4.11. The maximum atomic E-state index is 4.40. The number of H-pyrrole nitrogens is 1. The molecule has 2 heterocycles. The highest BCUT2D eigenvalue weighted by atomic mass is 15.2. The Morgan fingerprint density at radius 1 is 1.31 bits per heavy atom. The van der Waals surface area contributed by atoms with E-state index in [0.717, 1.165) is 31.2 Å². The molecular formula is C12H14N4. The molecular weight excluding hydrogens is 200 g/mol. The minimum absolute atomic E-state index is 0.816. The zero-order valence-corrected chi connectivity index (χ0v) is 9.25. The summed E-state index contributed by atoms with van der Waals surface area (Å²) < 4.78 is 0. The number of aromatic nitrogens is 3. The van der Waals surface area contributed by atoms with E-state index in [1.165, 1.54) is 16.7 Å². The molecule has 0 radical (unpaired) electrons. The van der Waals surface area contributed by atoms with Gasteiger partial charge in [-0.05, 0) is 31.0 Å². The number of hydrogen-bond acceptors (Lipinski definition) is 3. The molecule has 0 saturated heterocycles. The Kier molecular flexibility index (Phi) is 2.22. The molecule has 2 aromatic rings. The number of nitrogens with zero attached hydrogens (tertiary/aromatic N) is 2. The fourth-order valence-corrected chi connectivity index (χ4v) is 2.20. The average Bonchev–Trinajstić information content (AvgIpc) is 2.75. The molecule has 4 nitrogen and oxygen atoms in total. The van der Waals surface area contributed by atoms with Gasteiger partial charge in [0, 0.05) is 12.1 Å². The third-order valence-electron chi connectivity index (χ3n) is 2.98. The van der Waals surface area contributed by atoms with Crippen LogP contribution >= 0.6 is 0 Å². The summed E-state index contributed by atoms with van der Waals surface area (Å²) in [5.41, 5.74) is 3.93. The lowest BCUT2D eigenvalue weighted by molar-refractivity contribution is 0.644. The van der Waals surface area contributed by atoms with Crippen molar-refractivity contribution >= 4 is 0 Å². The lowest BCUT2D eigenvalue weighted by Gasteiger charge is -2.18. The fraction of sp³-hybridized carbons (Fsp3) is 0.333. The smallest absolute Gasteiger partial charge is 0.181 e. The van der Waals surface area contributed by atoms with Crippen LogP contribution in [0, 0.1) is 6.92 Å². The zero-order chi connectivity index (χ0) is 11.0. The number of fused-ring (bicyclic) bond motifs is 1. The molecule has 0 saturated carbocycles. The van der Waals surface area contributed by atoms with E-state index in [-0.39, 0.29) is 0 Å². The van der Waals surface area contributed by atoms with Gasteiger partial charge in [-0.2, -0.15) is 5.10 Å². The van der Waals surface area contributed by atoms with Crippen LogP contribution in [-0.2, 0) is 13.0 Å². The zero-order valence-electron chi connectivity index (χ0n) is 9.25. The SMILES string of the molecule is Cc1nc(-c2cccc3c2CCNC3)n[nH]1. The van der Waals surface area contributed by atoms with E-state index in [2.05, 4.69) is 38.7 Å². The summed E-state index contributed by atoms with van der Waals surface area (Å²) in [6, 6.07) is 6.35. The van der Waals surface area contributed by atoms with Crippen molar-refractivity contribution in [2.75, 3.05) is 6.54 Å². The molecule has 2 N–H and O–H groups in total. The monoisotopic (exact) mass is 214 g/mol. The van der Waals surface area contributed by atoms with Crippen LogP contribution in [0.1, 0.15) is 17.0 Å². The summed E-state index contributed by atoms with van der Waals surface area (Å²) >= 11 is 0. The van der Waals surface area contributed by atoms with Crippen LogP contribution in [0.4, 0.5) is 0 Å². The van der Waals surface area contributed by atoms with E-state index in [4.69, 9.17) is 0 Å². The third-order valence-corrected chi connectivity index (χ3v) is 2.98. The van der Waals surface area contributed by atoms with Crippen molar-refractivity contribution in [2.45, 2.75) is 19.9 Å². The van der Waals surface area contributed by atoms with E-state index in [0.29, 0.717) is 0 Å². The second kappa shape index (κ2) is 3.72. The van der Waals surface area contributed by atoms with Crippen molar-refractivity contribution in [3.8, 4) is 11.4 Å². The summed E-state index contributed by atoms with van der Waals surface area (Å²) in [5.74, 6) is 1.68. The fourth-order valence-electron chi connectivity index (χ4n) is 2.20. The Labute approximate surface area is 94.1 Å². The van der Waals surface area contributed by atoms with Crippen molar-refractivity contribution in [3.05, 3.63) is 35.2 Å². The van der Waals surface area contributed by atoms with Gasteiger partial charge in [0.25, 0.3) is 0 Å². The molecule has 0 atom stereocenters. The molecule has 0 spiro atoms. The molecule has 0 fully saturated rings. The van der Waals surface area contributed by atoms with Crippen LogP contribution in [0.5, 0.6) is 0 Å². The summed E-state index contributed by atoms with van der Waals surface area (Å²) in [4.78, 5) is 4.40. The first-order chi connectivity index (χ1) is 7.84. The molecule has 0 unspecified atom stereocenters. The maximum absolute atomic E-state index is 4.40. The molecule has 1 aromatic heterocycles. The van der Waals surface area contributed by atoms with Crippen LogP contribution < -0.4 is 5.32 Å². The third kappa shape index (κ3) is 1.51. The van der Waals surface area contributed by atoms with Gasteiger partial charge in [-0.3, -0.25) is 5.10 Å². The predicted molar refractivity (Wildman–Crippen MR) is 62.0 cm³/mol. The van der Waals surface area contributed by atoms with Crippen molar-refractivity contribution in [2.24, 2.45) is 0 Å². The summed E-state index contributed by atoms with van der Waals surface area (Å²) in [6.45, 7) is 3.91. The molecule has 0 bridgehead atoms. The minimum Gasteiger partial charge on any atom is -0.312 e. The highest BCUT2D eigenvalue weighted by molar-refractivity contribution is 5.62. The molecule has 4 heteroatoms. The summed E-state index contributed by atoms with van der Waals surface area (Å²) in [6.07, 6.45) is 1.05. The Bertz CT molecular complexity index is 515. The van der Waals surface area contributed by atoms with Gasteiger partial charge >= 0.3 is 0 Å². The number of benzene rings is 1. The van der Waals surface area contributed by atoms with E-state index >= 15 is 0 Å². The van der Waals surface area contributed by atoms with Gasteiger partial charge in [0.05, 0.1) is 0 Å². The summed E-state index contributed by atoms with van der Waals surface area (Å²) in [7, 11) is 0. The molecule has 16 heavy (non-hydrogen) atoms. The maximum Gasteiger partial charge on any atom is 0.181 e. The highest BCUT2D eigenvalue weighted by Crippen LogP contribution is 2.25. The van der Waals surface area contributed by atoms with Gasteiger partial charge in [0.15, 0.2) is 5.82 Å².